The van der Waals surface area contributed by atoms with E-state index in [4.69, 9.17) is 0 Å². The lowest BCUT2D eigenvalue weighted by molar-refractivity contribution is -0.137. The molecular formula is C25H28N4O3. The molecule has 0 radical (unpaired) electrons. The number of imide groups is 1. The van der Waals surface area contributed by atoms with Crippen LogP contribution in [-0.4, -0.2) is 71.3 Å². The highest BCUT2D eigenvalue weighted by Crippen LogP contribution is 2.15. The minimum absolute atomic E-state index is 0.00374. The molecule has 4 amide bonds. The molecule has 1 atom stereocenters. The van der Waals surface area contributed by atoms with Crippen molar-refractivity contribution in [2.75, 3.05) is 32.7 Å². The zero-order valence-electron chi connectivity index (χ0n) is 18.0. The molecule has 2 aromatic carbocycles. The topological polar surface area (TPSA) is 73.0 Å². The van der Waals surface area contributed by atoms with Crippen molar-refractivity contribution in [3.63, 3.8) is 0 Å². The van der Waals surface area contributed by atoms with Gasteiger partial charge in [-0.15, -0.1) is 0 Å². The minimum atomic E-state index is -0.787. The van der Waals surface area contributed by atoms with Crippen LogP contribution in [0, 0.1) is 0 Å². The van der Waals surface area contributed by atoms with Gasteiger partial charge in [-0.3, -0.25) is 19.4 Å². The van der Waals surface area contributed by atoms with E-state index in [0.29, 0.717) is 13.1 Å². The summed E-state index contributed by atoms with van der Waals surface area (Å²) in [5, 5.41) is 2.67. The molecule has 4 rings (SSSR count). The molecule has 2 aromatic rings. The summed E-state index contributed by atoms with van der Waals surface area (Å²) in [5.74, 6) is -0.429. The number of carbonyl (C=O) groups excluding carboxylic acids is 3. The number of piperazine rings is 1. The normalized spacial score (nSPS) is 19.6. The van der Waals surface area contributed by atoms with Crippen molar-refractivity contribution in [2.45, 2.75) is 19.0 Å². The summed E-state index contributed by atoms with van der Waals surface area (Å²) in [7, 11) is 0. The number of urea groups is 1. The molecule has 1 N–H and O–H groups in total. The zero-order valence-corrected chi connectivity index (χ0v) is 18.0. The summed E-state index contributed by atoms with van der Waals surface area (Å²) in [6.07, 6.45) is 4.25. The van der Waals surface area contributed by atoms with Gasteiger partial charge in [-0.05, 0) is 11.1 Å². The molecule has 7 heteroatoms. The van der Waals surface area contributed by atoms with Crippen molar-refractivity contribution in [3.05, 3.63) is 77.9 Å². The summed E-state index contributed by atoms with van der Waals surface area (Å²) in [6, 6.07) is 18.3. The van der Waals surface area contributed by atoms with Gasteiger partial charge in [-0.2, -0.15) is 0 Å². The van der Waals surface area contributed by atoms with Gasteiger partial charge in [-0.25, -0.2) is 4.79 Å². The first-order valence-electron chi connectivity index (χ1n) is 11.0. The van der Waals surface area contributed by atoms with E-state index in [1.54, 1.807) is 4.90 Å². The molecule has 0 aromatic heterocycles. The van der Waals surface area contributed by atoms with E-state index >= 15 is 0 Å². The maximum Gasteiger partial charge on any atom is 0.325 e. The summed E-state index contributed by atoms with van der Waals surface area (Å²) >= 11 is 0. The van der Waals surface area contributed by atoms with Gasteiger partial charge in [0, 0.05) is 32.7 Å². The fourth-order valence-electron chi connectivity index (χ4n) is 4.02. The van der Waals surface area contributed by atoms with Crippen molar-refractivity contribution in [1.82, 2.24) is 20.0 Å². The average molecular weight is 433 g/mol. The van der Waals surface area contributed by atoms with E-state index in [1.807, 2.05) is 48.5 Å². The van der Waals surface area contributed by atoms with Gasteiger partial charge < -0.3 is 10.2 Å². The van der Waals surface area contributed by atoms with Crippen LogP contribution in [0.1, 0.15) is 17.5 Å². The van der Waals surface area contributed by atoms with Crippen molar-refractivity contribution < 1.29 is 14.4 Å². The molecule has 0 saturated carbocycles. The standard InChI is InChI=1S/C25H28N4O3/c30-23(18-22-24(31)29(25(32)26-22)19-21-10-5-2-6-11-21)28-16-14-27(15-17-28)13-7-12-20-8-3-1-4-9-20/h1-12,22H,13-19H2,(H,26,32). The number of amides is 4. The van der Waals surface area contributed by atoms with E-state index in [0.717, 1.165) is 25.2 Å². The Morgan fingerprint density at radius 2 is 1.59 bits per heavy atom. The highest BCUT2D eigenvalue weighted by atomic mass is 16.2. The van der Waals surface area contributed by atoms with Gasteiger partial charge in [0.05, 0.1) is 13.0 Å². The minimum Gasteiger partial charge on any atom is -0.340 e. The second-order valence-corrected chi connectivity index (χ2v) is 8.11. The predicted octanol–water partition coefficient (Wildman–Crippen LogP) is 2.35. The van der Waals surface area contributed by atoms with Gasteiger partial charge in [0.15, 0.2) is 0 Å². The lowest BCUT2D eigenvalue weighted by atomic mass is 10.1. The SMILES string of the molecule is O=C(CC1NC(=O)N(Cc2ccccc2)C1=O)N1CCN(CC=Cc2ccccc2)CC1. The largest absolute Gasteiger partial charge is 0.340 e. The van der Waals surface area contributed by atoms with E-state index in [-0.39, 0.29) is 24.8 Å². The molecule has 0 aliphatic carbocycles. The van der Waals surface area contributed by atoms with Gasteiger partial charge in [-0.1, -0.05) is 72.8 Å². The smallest absolute Gasteiger partial charge is 0.325 e. The maximum absolute atomic E-state index is 12.7. The maximum atomic E-state index is 12.7. The number of nitrogens with one attached hydrogen (secondary N) is 1. The number of hydrogen-bond acceptors (Lipinski definition) is 4. The van der Waals surface area contributed by atoms with Crippen LogP contribution in [0.5, 0.6) is 0 Å². The molecule has 2 fully saturated rings. The van der Waals surface area contributed by atoms with Crippen LogP contribution in [0.15, 0.2) is 66.7 Å². The highest BCUT2D eigenvalue weighted by Gasteiger charge is 2.39. The van der Waals surface area contributed by atoms with Crippen LogP contribution < -0.4 is 5.32 Å². The van der Waals surface area contributed by atoms with E-state index < -0.39 is 12.1 Å². The number of nitrogens with zero attached hydrogens (tertiary/aromatic N) is 3. The van der Waals surface area contributed by atoms with Crippen LogP contribution in [0.2, 0.25) is 0 Å². The monoisotopic (exact) mass is 432 g/mol. The molecule has 166 valence electrons. The van der Waals surface area contributed by atoms with Crippen LogP contribution in [0.25, 0.3) is 6.08 Å². The van der Waals surface area contributed by atoms with Gasteiger partial charge in [0.1, 0.15) is 6.04 Å². The third-order valence-corrected chi connectivity index (χ3v) is 5.87. The Labute approximate surface area is 188 Å². The fraction of sp³-hybridized carbons (Fsp3) is 0.320. The molecule has 32 heavy (non-hydrogen) atoms. The molecule has 2 heterocycles. The Morgan fingerprint density at radius 3 is 2.28 bits per heavy atom. The molecule has 0 spiro atoms. The molecule has 7 nitrogen and oxygen atoms in total. The number of benzene rings is 2. The van der Waals surface area contributed by atoms with Gasteiger partial charge in [0.25, 0.3) is 5.91 Å². The van der Waals surface area contributed by atoms with Crippen LogP contribution >= 0.6 is 0 Å². The molecule has 2 aliphatic heterocycles. The first-order valence-corrected chi connectivity index (χ1v) is 11.0. The van der Waals surface area contributed by atoms with Crippen molar-refractivity contribution in [2.24, 2.45) is 0 Å². The van der Waals surface area contributed by atoms with Crippen molar-refractivity contribution in [1.29, 1.82) is 0 Å². The molecule has 2 saturated heterocycles. The fourth-order valence-corrected chi connectivity index (χ4v) is 4.02. The second-order valence-electron chi connectivity index (χ2n) is 8.11. The summed E-state index contributed by atoms with van der Waals surface area (Å²) in [5.41, 5.74) is 2.05. The zero-order chi connectivity index (χ0) is 22.3. The molecule has 0 bridgehead atoms. The highest BCUT2D eigenvalue weighted by molar-refractivity contribution is 6.05. The van der Waals surface area contributed by atoms with Crippen LogP contribution in [-0.2, 0) is 16.1 Å². The Kier molecular flexibility index (Phi) is 6.97. The Hall–Kier alpha value is -3.45. The first-order chi connectivity index (χ1) is 15.6. The third kappa shape index (κ3) is 5.42. The van der Waals surface area contributed by atoms with Crippen molar-refractivity contribution in [3.8, 4) is 0 Å². The Bertz CT molecular complexity index is 969. The number of carbonyl (C=O) groups is 3. The van der Waals surface area contributed by atoms with E-state index in [2.05, 4.69) is 34.5 Å². The first kappa shape index (κ1) is 21.8. The molecular weight excluding hydrogens is 404 g/mol. The summed E-state index contributed by atoms with van der Waals surface area (Å²) in [6.45, 7) is 3.88. The van der Waals surface area contributed by atoms with Gasteiger partial charge >= 0.3 is 6.03 Å². The van der Waals surface area contributed by atoms with E-state index in [1.165, 1.54) is 10.5 Å². The van der Waals surface area contributed by atoms with Crippen LogP contribution in [0.4, 0.5) is 4.79 Å². The lowest BCUT2D eigenvalue weighted by Crippen LogP contribution is -2.50. The van der Waals surface area contributed by atoms with Gasteiger partial charge in [0.2, 0.25) is 5.91 Å². The number of hydrogen-bond donors (Lipinski definition) is 1. The van der Waals surface area contributed by atoms with Crippen LogP contribution in [0.3, 0.4) is 0 Å². The quantitative estimate of drug-likeness (QED) is 0.682. The Morgan fingerprint density at radius 1 is 0.938 bits per heavy atom. The predicted molar refractivity (Wildman–Crippen MR) is 122 cm³/mol. The third-order valence-electron chi connectivity index (χ3n) is 5.87. The van der Waals surface area contributed by atoms with Crippen molar-refractivity contribution >= 4 is 23.9 Å². The number of rotatable bonds is 7. The lowest BCUT2D eigenvalue weighted by Gasteiger charge is -2.34. The Balaban J connectivity index is 1.23. The second kappa shape index (κ2) is 10.2. The summed E-state index contributed by atoms with van der Waals surface area (Å²) < 4.78 is 0. The summed E-state index contributed by atoms with van der Waals surface area (Å²) in [4.78, 5) is 43.0. The molecule has 1 unspecified atom stereocenters. The molecule has 2 aliphatic rings. The van der Waals surface area contributed by atoms with E-state index in [9.17, 15) is 14.4 Å². The average Bonchev–Trinajstić information content (AvgIpc) is 3.08.